The molecule has 1 aliphatic heterocycles. The number of hydrogen-bond acceptors (Lipinski definition) is 1. The molecule has 1 aromatic rings. The zero-order chi connectivity index (χ0) is 13.1. The van der Waals surface area contributed by atoms with Gasteiger partial charge in [0.25, 0.3) is 5.91 Å². The van der Waals surface area contributed by atoms with Crippen molar-refractivity contribution in [1.82, 2.24) is 4.90 Å². The normalized spacial score (nSPS) is 17.2. The Morgan fingerprint density at radius 1 is 1.28 bits per heavy atom. The largest absolute Gasteiger partial charge is 0.339 e. The van der Waals surface area contributed by atoms with Crippen molar-refractivity contribution in [3.05, 3.63) is 35.6 Å². The summed E-state index contributed by atoms with van der Waals surface area (Å²) in [6.07, 6.45) is 2.05. The molecular weight excluding hydrogens is 229 g/mol. The van der Waals surface area contributed by atoms with Crippen LogP contribution in [0.4, 0.5) is 4.39 Å². The molecule has 1 fully saturated rings. The van der Waals surface area contributed by atoms with Gasteiger partial charge in [-0.25, -0.2) is 4.39 Å². The second kappa shape index (κ2) is 5.51. The molecule has 2 rings (SSSR count). The van der Waals surface area contributed by atoms with E-state index in [0.717, 1.165) is 25.9 Å². The maximum atomic E-state index is 13.6. The minimum absolute atomic E-state index is 0.171. The van der Waals surface area contributed by atoms with Crippen LogP contribution in [0.1, 0.15) is 37.0 Å². The van der Waals surface area contributed by atoms with Gasteiger partial charge in [-0.05, 0) is 36.8 Å². The first-order valence-corrected chi connectivity index (χ1v) is 6.63. The Morgan fingerprint density at radius 2 is 1.89 bits per heavy atom. The van der Waals surface area contributed by atoms with Crippen molar-refractivity contribution in [3.8, 4) is 0 Å². The molecule has 0 bridgehead atoms. The number of halogens is 1. The Labute approximate surface area is 108 Å². The standard InChI is InChI=1S/C15H20FNO/c1-11(2)12-7-9-17(10-8-12)15(18)13-5-3-4-6-14(13)16/h3-6,11-12H,7-10H2,1-2H3. The molecule has 1 amide bonds. The Bertz CT molecular complexity index is 422. The minimum Gasteiger partial charge on any atom is -0.339 e. The van der Waals surface area contributed by atoms with E-state index in [9.17, 15) is 9.18 Å². The van der Waals surface area contributed by atoms with Crippen LogP contribution in [0.15, 0.2) is 24.3 Å². The second-order valence-corrected chi connectivity index (χ2v) is 5.35. The van der Waals surface area contributed by atoms with Crippen molar-refractivity contribution >= 4 is 5.91 Å². The number of amides is 1. The average molecular weight is 249 g/mol. The summed E-state index contributed by atoms with van der Waals surface area (Å²) in [7, 11) is 0. The first-order chi connectivity index (χ1) is 8.59. The molecule has 2 nitrogen and oxygen atoms in total. The fourth-order valence-electron chi connectivity index (χ4n) is 2.57. The summed E-state index contributed by atoms with van der Waals surface area (Å²) in [4.78, 5) is 14.0. The number of nitrogens with zero attached hydrogens (tertiary/aromatic N) is 1. The maximum absolute atomic E-state index is 13.6. The molecule has 0 aromatic heterocycles. The molecule has 1 aromatic carbocycles. The number of piperidine rings is 1. The highest BCUT2D eigenvalue weighted by Crippen LogP contribution is 2.25. The van der Waals surface area contributed by atoms with Gasteiger partial charge in [0.15, 0.2) is 0 Å². The van der Waals surface area contributed by atoms with E-state index in [0.29, 0.717) is 11.8 Å². The fraction of sp³-hybridized carbons (Fsp3) is 0.533. The van der Waals surface area contributed by atoms with Gasteiger partial charge in [0, 0.05) is 13.1 Å². The topological polar surface area (TPSA) is 20.3 Å². The first-order valence-electron chi connectivity index (χ1n) is 6.63. The van der Waals surface area contributed by atoms with E-state index in [1.807, 2.05) is 0 Å². The lowest BCUT2D eigenvalue weighted by Gasteiger charge is -2.34. The van der Waals surface area contributed by atoms with Crippen LogP contribution < -0.4 is 0 Å². The lowest BCUT2D eigenvalue weighted by atomic mass is 9.86. The van der Waals surface area contributed by atoms with E-state index >= 15 is 0 Å². The van der Waals surface area contributed by atoms with Crippen LogP contribution in [0.5, 0.6) is 0 Å². The van der Waals surface area contributed by atoms with Gasteiger partial charge in [-0.3, -0.25) is 4.79 Å². The lowest BCUT2D eigenvalue weighted by molar-refractivity contribution is 0.0663. The summed E-state index contributed by atoms with van der Waals surface area (Å²) < 4.78 is 13.6. The predicted octanol–water partition coefficient (Wildman–Crippen LogP) is 3.33. The summed E-state index contributed by atoms with van der Waals surface area (Å²) in [5.41, 5.74) is 0.195. The molecule has 0 aliphatic carbocycles. The van der Waals surface area contributed by atoms with Crippen LogP contribution in [0.3, 0.4) is 0 Å². The van der Waals surface area contributed by atoms with Gasteiger partial charge >= 0.3 is 0 Å². The molecule has 3 heteroatoms. The molecule has 98 valence electrons. The van der Waals surface area contributed by atoms with Crippen molar-refractivity contribution in [3.63, 3.8) is 0 Å². The number of carbonyl (C=O) groups is 1. The highest BCUT2D eigenvalue weighted by Gasteiger charge is 2.26. The third-order valence-corrected chi connectivity index (χ3v) is 3.87. The van der Waals surface area contributed by atoms with E-state index in [4.69, 9.17) is 0 Å². The minimum atomic E-state index is -0.423. The SMILES string of the molecule is CC(C)C1CCN(C(=O)c2ccccc2F)CC1. The molecule has 0 saturated carbocycles. The summed E-state index contributed by atoms with van der Waals surface area (Å²) >= 11 is 0. The third-order valence-electron chi connectivity index (χ3n) is 3.87. The second-order valence-electron chi connectivity index (χ2n) is 5.35. The van der Waals surface area contributed by atoms with Crippen LogP contribution in [0.25, 0.3) is 0 Å². The fourth-order valence-corrected chi connectivity index (χ4v) is 2.57. The predicted molar refractivity (Wildman–Crippen MR) is 69.9 cm³/mol. The molecule has 0 atom stereocenters. The number of carbonyl (C=O) groups excluding carboxylic acids is 1. The molecule has 0 spiro atoms. The van der Waals surface area contributed by atoms with Crippen LogP contribution in [-0.4, -0.2) is 23.9 Å². The van der Waals surface area contributed by atoms with Crippen LogP contribution in [0.2, 0.25) is 0 Å². The Hall–Kier alpha value is -1.38. The van der Waals surface area contributed by atoms with Crippen LogP contribution in [0, 0.1) is 17.7 Å². The van der Waals surface area contributed by atoms with Crippen molar-refractivity contribution in [1.29, 1.82) is 0 Å². The Balaban J connectivity index is 2.02. The maximum Gasteiger partial charge on any atom is 0.256 e. The van der Waals surface area contributed by atoms with Gasteiger partial charge in [-0.1, -0.05) is 26.0 Å². The number of benzene rings is 1. The van der Waals surface area contributed by atoms with Gasteiger partial charge in [0.05, 0.1) is 5.56 Å². The van der Waals surface area contributed by atoms with Gasteiger partial charge in [0.2, 0.25) is 0 Å². The third kappa shape index (κ3) is 2.71. The van der Waals surface area contributed by atoms with Gasteiger partial charge in [-0.2, -0.15) is 0 Å². The molecule has 1 heterocycles. The monoisotopic (exact) mass is 249 g/mol. The first kappa shape index (κ1) is 13.1. The lowest BCUT2D eigenvalue weighted by Crippen LogP contribution is -2.39. The summed E-state index contributed by atoms with van der Waals surface area (Å²) in [5.74, 6) is 0.758. The molecule has 0 radical (unpaired) electrons. The summed E-state index contributed by atoms with van der Waals surface area (Å²) in [6, 6.07) is 6.22. The highest BCUT2D eigenvalue weighted by molar-refractivity contribution is 5.94. The van der Waals surface area contributed by atoms with E-state index in [-0.39, 0.29) is 11.5 Å². The van der Waals surface area contributed by atoms with Gasteiger partial charge in [-0.15, -0.1) is 0 Å². The zero-order valence-electron chi connectivity index (χ0n) is 11.0. The molecule has 0 unspecified atom stereocenters. The molecular formula is C15H20FNO. The van der Waals surface area contributed by atoms with Crippen molar-refractivity contribution in [2.45, 2.75) is 26.7 Å². The zero-order valence-corrected chi connectivity index (χ0v) is 11.0. The van der Waals surface area contributed by atoms with Crippen molar-refractivity contribution in [2.24, 2.45) is 11.8 Å². The van der Waals surface area contributed by atoms with E-state index in [1.54, 1.807) is 23.1 Å². The molecule has 1 aliphatic rings. The highest BCUT2D eigenvalue weighted by atomic mass is 19.1. The number of hydrogen-bond donors (Lipinski definition) is 0. The number of likely N-dealkylation sites (tertiary alicyclic amines) is 1. The summed E-state index contributed by atoms with van der Waals surface area (Å²) in [6.45, 7) is 5.93. The number of rotatable bonds is 2. The van der Waals surface area contributed by atoms with Gasteiger partial charge in [0.1, 0.15) is 5.82 Å². The quantitative estimate of drug-likeness (QED) is 0.787. The van der Waals surface area contributed by atoms with Crippen molar-refractivity contribution in [2.75, 3.05) is 13.1 Å². The van der Waals surface area contributed by atoms with E-state index < -0.39 is 5.82 Å². The van der Waals surface area contributed by atoms with E-state index in [2.05, 4.69) is 13.8 Å². The Kier molecular flexibility index (Phi) is 4.00. The smallest absolute Gasteiger partial charge is 0.256 e. The van der Waals surface area contributed by atoms with Crippen molar-refractivity contribution < 1.29 is 9.18 Å². The van der Waals surface area contributed by atoms with Crippen LogP contribution in [-0.2, 0) is 0 Å². The Morgan fingerprint density at radius 3 is 2.44 bits per heavy atom. The van der Waals surface area contributed by atoms with E-state index in [1.165, 1.54) is 6.07 Å². The molecule has 18 heavy (non-hydrogen) atoms. The average Bonchev–Trinajstić information content (AvgIpc) is 2.38. The molecule has 1 saturated heterocycles. The molecule has 0 N–H and O–H groups in total. The van der Waals surface area contributed by atoms with Crippen LogP contribution >= 0.6 is 0 Å². The summed E-state index contributed by atoms with van der Waals surface area (Å²) in [5, 5.41) is 0. The van der Waals surface area contributed by atoms with Gasteiger partial charge < -0.3 is 4.90 Å².